The van der Waals surface area contributed by atoms with Crippen molar-refractivity contribution in [2.75, 3.05) is 6.54 Å². The minimum atomic E-state index is -0.482. The van der Waals surface area contributed by atoms with E-state index in [4.69, 9.17) is 11.6 Å². The lowest BCUT2D eigenvalue weighted by Gasteiger charge is -2.08. The molecule has 18 heavy (non-hydrogen) atoms. The summed E-state index contributed by atoms with van der Waals surface area (Å²) in [6.45, 7) is 4.01. The van der Waals surface area contributed by atoms with Gasteiger partial charge >= 0.3 is 0 Å². The van der Waals surface area contributed by atoms with Crippen molar-refractivity contribution < 1.29 is 9.72 Å². The Morgan fingerprint density at radius 2 is 2.22 bits per heavy atom. The third-order valence-electron chi connectivity index (χ3n) is 2.49. The summed E-state index contributed by atoms with van der Waals surface area (Å²) in [6.07, 6.45) is 0.680. The molecule has 0 aliphatic rings. The first-order valence-corrected chi connectivity index (χ1v) is 6.02. The summed E-state index contributed by atoms with van der Waals surface area (Å²) in [5.41, 5.74) is 1.02. The third kappa shape index (κ3) is 4.00. The van der Waals surface area contributed by atoms with Crippen LogP contribution in [0.1, 0.15) is 29.3 Å². The van der Waals surface area contributed by atoms with E-state index < -0.39 is 4.92 Å². The van der Waals surface area contributed by atoms with Gasteiger partial charge in [0.2, 0.25) is 0 Å². The number of non-ortho nitro benzene ring substituents is 1. The standard InChI is InChI=1S/C12H15ClN2O3/c1-8-7-10(15(17)18)3-4-11(8)12(16)14-6-5-9(2)13/h3-4,7,9H,5-6H2,1-2H3,(H,14,16). The maximum absolute atomic E-state index is 11.8. The van der Waals surface area contributed by atoms with Crippen LogP contribution in [0.4, 0.5) is 5.69 Å². The second kappa shape index (κ2) is 6.35. The van der Waals surface area contributed by atoms with Gasteiger partial charge in [0.25, 0.3) is 11.6 Å². The number of hydrogen-bond donors (Lipinski definition) is 1. The lowest BCUT2D eigenvalue weighted by Crippen LogP contribution is -2.26. The Morgan fingerprint density at radius 3 is 2.72 bits per heavy atom. The Bertz CT molecular complexity index is 461. The van der Waals surface area contributed by atoms with Gasteiger partial charge in [0.15, 0.2) is 0 Å². The summed E-state index contributed by atoms with van der Waals surface area (Å²) in [5, 5.41) is 13.3. The van der Waals surface area contributed by atoms with Gasteiger partial charge in [-0.15, -0.1) is 11.6 Å². The number of benzene rings is 1. The van der Waals surface area contributed by atoms with Gasteiger partial charge in [-0.05, 0) is 31.9 Å². The van der Waals surface area contributed by atoms with Crippen LogP contribution < -0.4 is 5.32 Å². The Balaban J connectivity index is 2.72. The number of nitrogens with zero attached hydrogens (tertiary/aromatic N) is 1. The number of carbonyl (C=O) groups is 1. The van der Waals surface area contributed by atoms with Crippen LogP contribution in [0.5, 0.6) is 0 Å². The first-order chi connectivity index (χ1) is 8.41. The van der Waals surface area contributed by atoms with Gasteiger partial charge in [0.1, 0.15) is 0 Å². The van der Waals surface area contributed by atoms with E-state index in [-0.39, 0.29) is 17.0 Å². The molecule has 0 spiro atoms. The van der Waals surface area contributed by atoms with E-state index in [9.17, 15) is 14.9 Å². The van der Waals surface area contributed by atoms with Gasteiger partial charge in [-0.1, -0.05) is 0 Å². The Hall–Kier alpha value is -1.62. The van der Waals surface area contributed by atoms with Gasteiger partial charge in [-0.2, -0.15) is 0 Å². The Kier molecular flexibility index (Phi) is 5.09. The molecule has 1 atom stereocenters. The number of nitro groups is 1. The van der Waals surface area contributed by atoms with Crippen LogP contribution in [0.25, 0.3) is 0 Å². The highest BCUT2D eigenvalue weighted by molar-refractivity contribution is 6.20. The first kappa shape index (κ1) is 14.4. The highest BCUT2D eigenvalue weighted by atomic mass is 35.5. The number of nitro benzene ring substituents is 1. The zero-order valence-corrected chi connectivity index (χ0v) is 11.0. The van der Waals surface area contributed by atoms with Crippen molar-refractivity contribution in [1.82, 2.24) is 5.32 Å². The van der Waals surface area contributed by atoms with Gasteiger partial charge in [-0.25, -0.2) is 0 Å². The van der Waals surface area contributed by atoms with Gasteiger partial charge in [-0.3, -0.25) is 14.9 Å². The fraction of sp³-hybridized carbons (Fsp3) is 0.417. The predicted octanol–water partition coefficient (Wildman–Crippen LogP) is 2.65. The molecule has 0 fully saturated rings. The normalized spacial score (nSPS) is 11.9. The Labute approximate surface area is 110 Å². The molecule has 0 aromatic heterocycles. The molecular formula is C12H15ClN2O3. The molecule has 1 N–H and O–H groups in total. The van der Waals surface area contributed by atoms with Gasteiger partial charge in [0, 0.05) is 29.6 Å². The minimum absolute atomic E-state index is 0.00302. The summed E-state index contributed by atoms with van der Waals surface area (Å²) in [5.74, 6) is -0.236. The molecule has 6 heteroatoms. The fourth-order valence-electron chi connectivity index (χ4n) is 1.50. The topological polar surface area (TPSA) is 72.2 Å². The molecule has 0 radical (unpaired) electrons. The van der Waals surface area contributed by atoms with Crippen LogP contribution in [0.3, 0.4) is 0 Å². The van der Waals surface area contributed by atoms with Gasteiger partial charge < -0.3 is 5.32 Å². The molecule has 0 heterocycles. The molecular weight excluding hydrogens is 256 g/mol. The summed E-state index contributed by atoms with van der Waals surface area (Å²) < 4.78 is 0. The van der Waals surface area contributed by atoms with Crippen LogP contribution in [0.15, 0.2) is 18.2 Å². The zero-order chi connectivity index (χ0) is 13.7. The number of nitrogens with one attached hydrogen (secondary N) is 1. The smallest absolute Gasteiger partial charge is 0.269 e. The number of carbonyl (C=O) groups excluding carboxylic acids is 1. The van der Waals surface area contributed by atoms with E-state index in [1.165, 1.54) is 18.2 Å². The third-order valence-corrected chi connectivity index (χ3v) is 2.71. The maximum atomic E-state index is 11.8. The molecule has 0 aliphatic heterocycles. The summed E-state index contributed by atoms with van der Waals surface area (Å²) in [7, 11) is 0. The molecule has 5 nitrogen and oxygen atoms in total. The van der Waals surface area contributed by atoms with E-state index in [2.05, 4.69) is 5.32 Å². The van der Waals surface area contributed by atoms with Crippen LogP contribution >= 0.6 is 11.6 Å². The summed E-state index contributed by atoms with van der Waals surface area (Å²) in [4.78, 5) is 21.9. The average molecular weight is 271 g/mol. The first-order valence-electron chi connectivity index (χ1n) is 5.59. The van der Waals surface area contributed by atoms with E-state index >= 15 is 0 Å². The van der Waals surface area contributed by atoms with Crippen molar-refractivity contribution in [3.63, 3.8) is 0 Å². The zero-order valence-electron chi connectivity index (χ0n) is 10.3. The molecule has 1 amide bonds. The Morgan fingerprint density at radius 1 is 1.56 bits per heavy atom. The number of aryl methyl sites for hydroxylation is 1. The minimum Gasteiger partial charge on any atom is -0.352 e. The van der Waals surface area contributed by atoms with E-state index in [1.807, 2.05) is 6.92 Å². The number of amides is 1. The molecule has 1 aromatic rings. The van der Waals surface area contributed by atoms with Crippen molar-refractivity contribution in [1.29, 1.82) is 0 Å². The molecule has 1 unspecified atom stereocenters. The molecule has 0 aliphatic carbocycles. The van der Waals surface area contributed by atoms with Crippen LogP contribution in [0.2, 0.25) is 0 Å². The van der Waals surface area contributed by atoms with E-state index in [1.54, 1.807) is 6.92 Å². The lowest BCUT2D eigenvalue weighted by molar-refractivity contribution is -0.384. The molecule has 1 aromatic carbocycles. The van der Waals surface area contributed by atoms with Crippen LogP contribution in [-0.4, -0.2) is 22.8 Å². The highest BCUT2D eigenvalue weighted by Crippen LogP contribution is 2.17. The fourth-order valence-corrected chi connectivity index (χ4v) is 1.61. The number of alkyl halides is 1. The summed E-state index contributed by atoms with van der Waals surface area (Å²) in [6, 6.07) is 4.18. The van der Waals surface area contributed by atoms with Crippen molar-refractivity contribution in [3.8, 4) is 0 Å². The molecule has 0 saturated carbocycles. The molecule has 0 bridgehead atoms. The molecule has 1 rings (SSSR count). The number of halogens is 1. The second-order valence-electron chi connectivity index (χ2n) is 4.08. The highest BCUT2D eigenvalue weighted by Gasteiger charge is 2.13. The quantitative estimate of drug-likeness (QED) is 0.508. The maximum Gasteiger partial charge on any atom is 0.269 e. The van der Waals surface area contributed by atoms with Crippen molar-refractivity contribution in [3.05, 3.63) is 39.4 Å². The van der Waals surface area contributed by atoms with Gasteiger partial charge in [0.05, 0.1) is 4.92 Å². The number of hydrogen-bond acceptors (Lipinski definition) is 3. The van der Waals surface area contributed by atoms with Crippen LogP contribution in [0, 0.1) is 17.0 Å². The van der Waals surface area contributed by atoms with Crippen LogP contribution in [-0.2, 0) is 0 Å². The van der Waals surface area contributed by atoms with E-state index in [0.29, 0.717) is 24.1 Å². The summed E-state index contributed by atoms with van der Waals surface area (Å²) >= 11 is 5.77. The van der Waals surface area contributed by atoms with E-state index in [0.717, 1.165) is 0 Å². The average Bonchev–Trinajstić information content (AvgIpc) is 2.27. The molecule has 98 valence electrons. The van der Waals surface area contributed by atoms with Crippen molar-refractivity contribution >= 4 is 23.2 Å². The lowest BCUT2D eigenvalue weighted by atomic mass is 10.1. The van der Waals surface area contributed by atoms with Crippen molar-refractivity contribution in [2.24, 2.45) is 0 Å². The SMILES string of the molecule is Cc1cc([N+](=O)[O-])ccc1C(=O)NCCC(C)Cl. The molecule has 0 saturated heterocycles. The monoisotopic (exact) mass is 270 g/mol. The predicted molar refractivity (Wildman–Crippen MR) is 70.1 cm³/mol. The van der Waals surface area contributed by atoms with Crippen molar-refractivity contribution in [2.45, 2.75) is 25.6 Å². The largest absolute Gasteiger partial charge is 0.352 e. The number of rotatable bonds is 5. The second-order valence-corrected chi connectivity index (χ2v) is 4.83.